The molecule has 0 radical (unpaired) electrons. The van der Waals surface area contributed by atoms with E-state index in [1.807, 2.05) is 26.0 Å². The Kier molecular flexibility index (Phi) is 7.03. The van der Waals surface area contributed by atoms with E-state index in [0.29, 0.717) is 0 Å². The molecule has 0 rings (SSSR count). The second kappa shape index (κ2) is 7.85. The normalized spacial score (nSPS) is 10.8. The van der Waals surface area contributed by atoms with Crippen LogP contribution in [0.5, 0.6) is 0 Å². The average Bonchev–Trinajstić information content (AvgIpc) is 2.06. The lowest BCUT2D eigenvalue weighted by molar-refractivity contribution is 0.247. The molecular weight excluding hydrogens is 152 g/mol. The van der Waals surface area contributed by atoms with Crippen LogP contribution >= 0.6 is 0 Å². The van der Waals surface area contributed by atoms with Crippen molar-refractivity contribution in [1.82, 2.24) is 10.6 Å². The van der Waals surface area contributed by atoms with Crippen LogP contribution in [0.25, 0.3) is 0 Å². The molecule has 3 nitrogen and oxygen atoms in total. The quantitative estimate of drug-likeness (QED) is 0.663. The molecule has 0 aliphatic carbocycles. The molecule has 3 heteroatoms. The largest absolute Gasteiger partial charge is 0.322 e. The van der Waals surface area contributed by atoms with Crippen LogP contribution in [0.1, 0.15) is 26.7 Å². The standard InChI is InChI=1S/C9H16N2O/c1-3-5-7-10-9(12)11-8-6-4-2/h5-8H,3-4H2,1-2H3,(H2,10,11,12). The van der Waals surface area contributed by atoms with Gasteiger partial charge < -0.3 is 10.6 Å². The summed E-state index contributed by atoms with van der Waals surface area (Å²) in [7, 11) is 0. The van der Waals surface area contributed by atoms with Crippen molar-refractivity contribution in [2.45, 2.75) is 26.7 Å². The lowest BCUT2D eigenvalue weighted by atomic mass is 10.5. The fourth-order valence-corrected chi connectivity index (χ4v) is 0.547. The van der Waals surface area contributed by atoms with Crippen molar-refractivity contribution >= 4 is 6.03 Å². The van der Waals surface area contributed by atoms with Crippen LogP contribution in [0.15, 0.2) is 24.6 Å². The maximum atomic E-state index is 10.9. The third-order valence-corrected chi connectivity index (χ3v) is 1.14. The summed E-state index contributed by atoms with van der Waals surface area (Å²) in [5, 5.41) is 5.12. The number of carbonyl (C=O) groups excluding carboxylic acids is 1. The molecule has 0 saturated heterocycles. The van der Waals surface area contributed by atoms with Gasteiger partial charge in [-0.3, -0.25) is 0 Å². The van der Waals surface area contributed by atoms with E-state index < -0.39 is 0 Å². The topological polar surface area (TPSA) is 41.1 Å². The van der Waals surface area contributed by atoms with Gasteiger partial charge in [-0.15, -0.1) is 0 Å². The Bertz CT molecular complexity index is 155. The van der Waals surface area contributed by atoms with Crippen LogP contribution in [0.3, 0.4) is 0 Å². The summed E-state index contributed by atoms with van der Waals surface area (Å²) >= 11 is 0. The van der Waals surface area contributed by atoms with Gasteiger partial charge in [0.15, 0.2) is 0 Å². The van der Waals surface area contributed by atoms with Crippen LogP contribution < -0.4 is 10.6 Å². The molecule has 68 valence electrons. The van der Waals surface area contributed by atoms with Gasteiger partial charge in [0.1, 0.15) is 0 Å². The molecule has 2 N–H and O–H groups in total. The Morgan fingerprint density at radius 3 is 1.83 bits per heavy atom. The molecule has 0 aromatic carbocycles. The van der Waals surface area contributed by atoms with E-state index >= 15 is 0 Å². The highest BCUT2D eigenvalue weighted by molar-refractivity contribution is 5.75. The van der Waals surface area contributed by atoms with Crippen LogP contribution in [0, 0.1) is 0 Å². The number of hydrogen-bond donors (Lipinski definition) is 2. The van der Waals surface area contributed by atoms with Gasteiger partial charge in [0.2, 0.25) is 0 Å². The van der Waals surface area contributed by atoms with Crippen LogP contribution in [0.4, 0.5) is 4.79 Å². The maximum Gasteiger partial charge on any atom is 0.322 e. The molecule has 0 heterocycles. The van der Waals surface area contributed by atoms with Crippen molar-refractivity contribution in [3.05, 3.63) is 24.6 Å². The molecule has 0 aliphatic heterocycles. The number of urea groups is 1. The zero-order valence-corrected chi connectivity index (χ0v) is 7.63. The Labute approximate surface area is 73.5 Å². The average molecular weight is 168 g/mol. The van der Waals surface area contributed by atoms with Gasteiger partial charge in [0.05, 0.1) is 0 Å². The first-order valence-corrected chi connectivity index (χ1v) is 4.18. The van der Waals surface area contributed by atoms with Gasteiger partial charge in [0.25, 0.3) is 0 Å². The summed E-state index contributed by atoms with van der Waals surface area (Å²) in [5.74, 6) is 0. The summed E-state index contributed by atoms with van der Waals surface area (Å²) in [5.41, 5.74) is 0. The lowest BCUT2D eigenvalue weighted by Crippen LogP contribution is -2.27. The van der Waals surface area contributed by atoms with Gasteiger partial charge >= 0.3 is 6.03 Å². The van der Waals surface area contributed by atoms with Crippen molar-refractivity contribution in [3.8, 4) is 0 Å². The number of nitrogens with one attached hydrogen (secondary N) is 2. The number of carbonyl (C=O) groups is 1. The van der Waals surface area contributed by atoms with Crippen LogP contribution in [0.2, 0.25) is 0 Å². The van der Waals surface area contributed by atoms with E-state index in [2.05, 4.69) is 10.6 Å². The third kappa shape index (κ3) is 6.86. The van der Waals surface area contributed by atoms with Crippen molar-refractivity contribution in [2.75, 3.05) is 0 Å². The first-order valence-electron chi connectivity index (χ1n) is 4.18. The SMILES string of the molecule is CCC=CNC(=O)NC=CCC. The summed E-state index contributed by atoms with van der Waals surface area (Å²) in [6.07, 6.45) is 8.87. The number of hydrogen-bond acceptors (Lipinski definition) is 1. The van der Waals surface area contributed by atoms with Crippen LogP contribution in [-0.4, -0.2) is 6.03 Å². The Morgan fingerprint density at radius 1 is 1.08 bits per heavy atom. The zero-order valence-electron chi connectivity index (χ0n) is 7.63. The second-order valence-corrected chi connectivity index (χ2v) is 2.24. The predicted molar refractivity (Wildman–Crippen MR) is 50.5 cm³/mol. The summed E-state index contributed by atoms with van der Waals surface area (Å²) in [4.78, 5) is 10.9. The van der Waals surface area contributed by atoms with E-state index in [9.17, 15) is 4.79 Å². The van der Waals surface area contributed by atoms with Crippen molar-refractivity contribution in [3.63, 3.8) is 0 Å². The molecule has 0 saturated carbocycles. The Morgan fingerprint density at radius 2 is 1.50 bits per heavy atom. The summed E-state index contributed by atoms with van der Waals surface area (Å²) in [6, 6.07) is -0.204. The van der Waals surface area contributed by atoms with Gasteiger partial charge in [-0.05, 0) is 12.8 Å². The van der Waals surface area contributed by atoms with E-state index in [1.165, 1.54) is 0 Å². The first kappa shape index (κ1) is 10.8. The molecule has 12 heavy (non-hydrogen) atoms. The van der Waals surface area contributed by atoms with Gasteiger partial charge in [-0.2, -0.15) is 0 Å². The monoisotopic (exact) mass is 168 g/mol. The molecule has 0 aromatic rings. The van der Waals surface area contributed by atoms with Crippen molar-refractivity contribution < 1.29 is 4.79 Å². The molecule has 0 unspecified atom stereocenters. The molecule has 0 fully saturated rings. The highest BCUT2D eigenvalue weighted by Crippen LogP contribution is 1.77. The molecule has 0 aliphatic rings. The smallest absolute Gasteiger partial charge is 0.315 e. The fraction of sp³-hybridized carbons (Fsp3) is 0.444. The van der Waals surface area contributed by atoms with E-state index in [1.54, 1.807) is 12.4 Å². The van der Waals surface area contributed by atoms with Gasteiger partial charge in [0, 0.05) is 12.4 Å². The van der Waals surface area contributed by atoms with Gasteiger partial charge in [-0.25, -0.2) is 4.79 Å². The van der Waals surface area contributed by atoms with Crippen molar-refractivity contribution in [2.24, 2.45) is 0 Å². The number of allylic oxidation sites excluding steroid dienone is 2. The molecule has 0 spiro atoms. The third-order valence-electron chi connectivity index (χ3n) is 1.14. The Hall–Kier alpha value is -1.25. The number of amides is 2. The maximum absolute atomic E-state index is 10.9. The molecule has 0 bridgehead atoms. The lowest BCUT2D eigenvalue weighted by Gasteiger charge is -1.96. The van der Waals surface area contributed by atoms with E-state index in [-0.39, 0.29) is 6.03 Å². The second-order valence-electron chi connectivity index (χ2n) is 2.24. The highest BCUT2D eigenvalue weighted by atomic mass is 16.2. The van der Waals surface area contributed by atoms with E-state index in [0.717, 1.165) is 12.8 Å². The van der Waals surface area contributed by atoms with Crippen LogP contribution in [-0.2, 0) is 0 Å². The van der Waals surface area contributed by atoms with Gasteiger partial charge in [-0.1, -0.05) is 26.0 Å². The highest BCUT2D eigenvalue weighted by Gasteiger charge is 1.88. The first-order chi connectivity index (χ1) is 5.81. The summed E-state index contributed by atoms with van der Waals surface area (Å²) < 4.78 is 0. The molecular formula is C9H16N2O. The Balaban J connectivity index is 3.46. The minimum atomic E-state index is -0.204. The minimum Gasteiger partial charge on any atom is -0.315 e. The molecule has 0 aromatic heterocycles. The summed E-state index contributed by atoms with van der Waals surface area (Å²) in [6.45, 7) is 4.01. The minimum absolute atomic E-state index is 0.204. The number of rotatable bonds is 4. The molecule has 0 atom stereocenters. The predicted octanol–water partition coefficient (Wildman–Crippen LogP) is 2.13. The fourth-order valence-electron chi connectivity index (χ4n) is 0.547. The van der Waals surface area contributed by atoms with E-state index in [4.69, 9.17) is 0 Å². The molecule has 2 amide bonds. The van der Waals surface area contributed by atoms with Crippen molar-refractivity contribution in [1.29, 1.82) is 0 Å². The zero-order chi connectivity index (χ0) is 9.23.